The molecule has 1 aromatic heterocycles. The lowest BCUT2D eigenvalue weighted by atomic mass is 9.83. The number of hydrogen-bond acceptors (Lipinski definition) is 1. The van der Waals surface area contributed by atoms with E-state index >= 15 is 0 Å². The van der Waals surface area contributed by atoms with Crippen molar-refractivity contribution in [3.63, 3.8) is 0 Å². The van der Waals surface area contributed by atoms with Gasteiger partial charge in [0.05, 0.1) is 0 Å². The number of aromatic nitrogens is 1. The summed E-state index contributed by atoms with van der Waals surface area (Å²) >= 11 is 0. The molecule has 5 rings (SSSR count). The first kappa shape index (κ1) is 17.1. The molecule has 1 atom stereocenters. The summed E-state index contributed by atoms with van der Waals surface area (Å²) in [4.78, 5) is 3.77. The molecule has 2 aliphatic carbocycles. The van der Waals surface area contributed by atoms with Crippen LogP contribution in [-0.2, 0) is 13.0 Å². The van der Waals surface area contributed by atoms with E-state index in [-0.39, 0.29) is 0 Å². The molecule has 0 amide bonds. The highest BCUT2D eigenvalue weighted by molar-refractivity contribution is 5.86. The van der Waals surface area contributed by atoms with Crippen molar-refractivity contribution in [3.8, 4) is 0 Å². The number of hydrogen-bond donors (Lipinski definition) is 2. The van der Waals surface area contributed by atoms with Crippen LogP contribution in [0.3, 0.4) is 0 Å². The van der Waals surface area contributed by atoms with Gasteiger partial charge in [0.25, 0.3) is 0 Å². The Labute approximate surface area is 162 Å². The number of H-pyrrole nitrogens is 1. The van der Waals surface area contributed by atoms with Gasteiger partial charge in [-0.05, 0) is 66.8 Å². The first-order chi connectivity index (χ1) is 13.4. The molecule has 1 unspecified atom stereocenters. The lowest BCUT2D eigenvalue weighted by Crippen LogP contribution is -2.24. The zero-order valence-electron chi connectivity index (χ0n) is 16.1. The first-order valence-corrected chi connectivity index (χ1v) is 10.8. The van der Waals surface area contributed by atoms with Crippen molar-refractivity contribution in [2.24, 2.45) is 0 Å². The Morgan fingerprint density at radius 1 is 0.889 bits per heavy atom. The smallest absolute Gasteiger partial charge is 0.0478 e. The van der Waals surface area contributed by atoms with Crippen LogP contribution in [-0.4, -0.2) is 4.98 Å². The topological polar surface area (TPSA) is 27.8 Å². The van der Waals surface area contributed by atoms with Crippen LogP contribution in [0.1, 0.15) is 79.3 Å². The molecular weight excluding hydrogens is 328 g/mol. The maximum absolute atomic E-state index is 3.80. The van der Waals surface area contributed by atoms with Crippen LogP contribution < -0.4 is 5.32 Å². The zero-order chi connectivity index (χ0) is 18.1. The quantitative estimate of drug-likeness (QED) is 0.556. The predicted molar refractivity (Wildman–Crippen MR) is 113 cm³/mol. The summed E-state index contributed by atoms with van der Waals surface area (Å²) in [5.41, 5.74) is 7.27. The molecule has 2 nitrogen and oxygen atoms in total. The molecule has 0 spiro atoms. The molecule has 3 aromatic rings. The summed E-state index contributed by atoms with van der Waals surface area (Å²) in [6.07, 6.45) is 10.7. The van der Waals surface area contributed by atoms with Gasteiger partial charge < -0.3 is 10.3 Å². The van der Waals surface area contributed by atoms with Crippen LogP contribution in [0, 0.1) is 0 Å². The molecule has 2 heteroatoms. The van der Waals surface area contributed by atoms with Gasteiger partial charge in [-0.2, -0.15) is 0 Å². The Balaban J connectivity index is 1.42. The molecule has 27 heavy (non-hydrogen) atoms. The summed E-state index contributed by atoms with van der Waals surface area (Å²) < 4.78 is 0. The highest BCUT2D eigenvalue weighted by Crippen LogP contribution is 2.38. The van der Waals surface area contributed by atoms with Gasteiger partial charge in [0.15, 0.2) is 0 Å². The van der Waals surface area contributed by atoms with Crippen LogP contribution in [0.2, 0.25) is 0 Å². The normalized spacial score (nSPS) is 20.7. The highest BCUT2D eigenvalue weighted by atomic mass is 14.9. The fourth-order valence-corrected chi connectivity index (χ4v) is 5.21. The van der Waals surface area contributed by atoms with E-state index in [1.165, 1.54) is 73.5 Å². The summed E-state index contributed by atoms with van der Waals surface area (Å²) in [6.45, 7) is 0.938. The second kappa shape index (κ2) is 7.52. The Hall–Kier alpha value is -2.06. The molecule has 0 saturated heterocycles. The molecule has 0 bridgehead atoms. The largest absolute Gasteiger partial charge is 0.357 e. The van der Waals surface area contributed by atoms with Crippen LogP contribution in [0.25, 0.3) is 10.9 Å². The van der Waals surface area contributed by atoms with Crippen molar-refractivity contribution >= 4 is 10.9 Å². The van der Waals surface area contributed by atoms with Crippen molar-refractivity contribution in [2.45, 2.75) is 69.9 Å². The third-order valence-electron chi connectivity index (χ3n) is 6.70. The van der Waals surface area contributed by atoms with Crippen LogP contribution >= 0.6 is 0 Å². The molecule has 2 N–H and O–H groups in total. The molecule has 2 aliphatic rings. The first-order valence-electron chi connectivity index (χ1n) is 10.8. The van der Waals surface area contributed by atoms with Gasteiger partial charge in [-0.3, -0.25) is 0 Å². The highest BCUT2D eigenvalue weighted by Gasteiger charge is 2.25. The van der Waals surface area contributed by atoms with E-state index in [2.05, 4.69) is 58.8 Å². The molecule has 1 heterocycles. The van der Waals surface area contributed by atoms with Gasteiger partial charge in [-0.25, -0.2) is 0 Å². The van der Waals surface area contributed by atoms with Crippen molar-refractivity contribution in [3.05, 3.63) is 70.9 Å². The number of aromatic amines is 1. The average molecular weight is 359 g/mol. The zero-order valence-corrected chi connectivity index (χ0v) is 16.1. The molecule has 1 saturated carbocycles. The molecule has 1 fully saturated rings. The number of nitrogens with one attached hydrogen (secondary N) is 2. The van der Waals surface area contributed by atoms with Gasteiger partial charge in [-0.1, -0.05) is 55.7 Å². The average Bonchev–Trinajstić information content (AvgIpc) is 3.12. The SMILES string of the molecule is c1ccc(CNC2CCCc3c2[nH]c2ccc(C4CCCCC4)cc32)cc1. The van der Waals surface area contributed by atoms with Crippen LogP contribution in [0.5, 0.6) is 0 Å². The molecule has 2 aromatic carbocycles. The van der Waals surface area contributed by atoms with E-state index in [0.717, 1.165) is 12.5 Å². The van der Waals surface area contributed by atoms with Crippen molar-refractivity contribution in [1.82, 2.24) is 10.3 Å². The third-order valence-corrected chi connectivity index (χ3v) is 6.70. The molecule has 0 radical (unpaired) electrons. The lowest BCUT2D eigenvalue weighted by molar-refractivity contribution is 0.444. The van der Waals surface area contributed by atoms with E-state index in [0.29, 0.717) is 6.04 Å². The summed E-state index contributed by atoms with van der Waals surface area (Å²) in [5, 5.41) is 5.29. The van der Waals surface area contributed by atoms with Crippen molar-refractivity contribution in [2.75, 3.05) is 0 Å². The predicted octanol–water partition coefficient (Wildman–Crippen LogP) is 6.38. The third kappa shape index (κ3) is 3.43. The summed E-state index contributed by atoms with van der Waals surface area (Å²) in [5.74, 6) is 0.782. The second-order valence-corrected chi connectivity index (χ2v) is 8.47. The van der Waals surface area contributed by atoms with Gasteiger partial charge in [0, 0.05) is 29.2 Å². The molecule has 140 valence electrons. The van der Waals surface area contributed by atoms with Gasteiger partial charge in [0.2, 0.25) is 0 Å². The minimum absolute atomic E-state index is 0.444. The molecular formula is C25H30N2. The van der Waals surface area contributed by atoms with E-state index in [4.69, 9.17) is 0 Å². The van der Waals surface area contributed by atoms with Crippen LogP contribution in [0.15, 0.2) is 48.5 Å². The fraction of sp³-hybridized carbons (Fsp3) is 0.440. The van der Waals surface area contributed by atoms with E-state index in [1.54, 1.807) is 11.1 Å². The number of fused-ring (bicyclic) bond motifs is 3. The summed E-state index contributed by atoms with van der Waals surface area (Å²) in [6, 6.07) is 18.4. The Morgan fingerprint density at radius 3 is 2.59 bits per heavy atom. The van der Waals surface area contributed by atoms with Gasteiger partial charge in [0.1, 0.15) is 0 Å². The number of benzene rings is 2. The Kier molecular flexibility index (Phi) is 4.75. The maximum Gasteiger partial charge on any atom is 0.0478 e. The van der Waals surface area contributed by atoms with Crippen molar-refractivity contribution < 1.29 is 0 Å². The molecule has 0 aliphatic heterocycles. The summed E-state index contributed by atoms with van der Waals surface area (Å²) in [7, 11) is 0. The monoisotopic (exact) mass is 358 g/mol. The van der Waals surface area contributed by atoms with Crippen molar-refractivity contribution in [1.29, 1.82) is 0 Å². The van der Waals surface area contributed by atoms with Gasteiger partial charge in [-0.15, -0.1) is 0 Å². The number of aryl methyl sites for hydroxylation is 1. The fourth-order valence-electron chi connectivity index (χ4n) is 5.21. The standard InChI is InChI=1S/C25H30N2/c1-3-8-18(9-4-1)17-26-24-13-7-12-21-22-16-20(19-10-5-2-6-11-19)14-15-23(22)27-25(21)24/h1,3-4,8-9,14-16,19,24,26-27H,2,5-7,10-13,17H2. The van der Waals surface area contributed by atoms with Gasteiger partial charge >= 0.3 is 0 Å². The van der Waals surface area contributed by atoms with Crippen LogP contribution in [0.4, 0.5) is 0 Å². The van der Waals surface area contributed by atoms with E-state index in [9.17, 15) is 0 Å². The minimum atomic E-state index is 0.444. The lowest BCUT2D eigenvalue weighted by Gasteiger charge is -2.24. The Morgan fingerprint density at radius 2 is 1.74 bits per heavy atom. The maximum atomic E-state index is 3.80. The van der Waals surface area contributed by atoms with E-state index in [1.807, 2.05) is 0 Å². The van der Waals surface area contributed by atoms with E-state index < -0.39 is 0 Å². The minimum Gasteiger partial charge on any atom is -0.357 e. The Bertz CT molecular complexity index is 903. The number of rotatable bonds is 4. The second-order valence-electron chi connectivity index (χ2n) is 8.47.